The highest BCUT2D eigenvalue weighted by atomic mass is 32.1. The van der Waals surface area contributed by atoms with Gasteiger partial charge in [0.05, 0.1) is 28.0 Å². The van der Waals surface area contributed by atoms with Crippen molar-refractivity contribution in [1.29, 1.82) is 0 Å². The molecule has 0 radical (unpaired) electrons. The molecule has 3 aromatic heterocycles. The van der Waals surface area contributed by atoms with Crippen molar-refractivity contribution in [2.75, 3.05) is 51.2 Å². The number of hydrogen-bond donors (Lipinski definition) is 0. The van der Waals surface area contributed by atoms with Crippen LogP contribution in [0.4, 0.5) is 5.69 Å². The van der Waals surface area contributed by atoms with Gasteiger partial charge in [0, 0.05) is 50.1 Å². The number of piperazine rings is 1. The van der Waals surface area contributed by atoms with E-state index in [1.54, 1.807) is 17.7 Å². The Morgan fingerprint density at radius 1 is 0.939 bits per heavy atom. The van der Waals surface area contributed by atoms with Crippen molar-refractivity contribution < 1.29 is 4.79 Å². The average Bonchev–Trinajstić information content (AvgIpc) is 3.60. The molecule has 6 rings (SSSR count). The second-order valence-electron chi connectivity index (χ2n) is 9.65. The molecule has 33 heavy (non-hydrogen) atoms. The monoisotopic (exact) mass is 462 g/mol. The van der Waals surface area contributed by atoms with Gasteiger partial charge >= 0.3 is 0 Å². The zero-order valence-electron chi connectivity index (χ0n) is 19.1. The van der Waals surface area contributed by atoms with E-state index in [9.17, 15) is 4.79 Å². The van der Waals surface area contributed by atoms with Gasteiger partial charge < -0.3 is 14.7 Å². The summed E-state index contributed by atoms with van der Waals surface area (Å²) < 4.78 is 0. The van der Waals surface area contributed by atoms with Gasteiger partial charge in [0.2, 0.25) is 0 Å². The number of rotatable bonds is 4. The molecule has 3 fully saturated rings. The molecule has 3 aromatic rings. The summed E-state index contributed by atoms with van der Waals surface area (Å²) in [5.74, 6) is 1.21. The van der Waals surface area contributed by atoms with Gasteiger partial charge in [-0.05, 0) is 56.8 Å². The molecular weight excluding hydrogens is 432 g/mol. The van der Waals surface area contributed by atoms with E-state index in [0.29, 0.717) is 11.8 Å². The van der Waals surface area contributed by atoms with Crippen LogP contribution in [0.3, 0.4) is 0 Å². The van der Waals surface area contributed by atoms with Crippen molar-refractivity contribution in [2.24, 2.45) is 0 Å². The summed E-state index contributed by atoms with van der Waals surface area (Å²) in [5, 5.41) is 0. The summed E-state index contributed by atoms with van der Waals surface area (Å²) in [6.07, 6.45) is 8.04. The number of nitrogens with zero attached hydrogens (tertiary/aromatic N) is 6. The summed E-state index contributed by atoms with van der Waals surface area (Å²) in [6, 6.07) is 6.33. The van der Waals surface area contributed by atoms with Gasteiger partial charge in [-0.15, -0.1) is 11.3 Å². The quantitative estimate of drug-likeness (QED) is 0.589. The number of carbonyl (C=O) groups is 1. The minimum atomic E-state index is 0.188. The fourth-order valence-electron chi connectivity index (χ4n) is 5.06. The van der Waals surface area contributed by atoms with Gasteiger partial charge in [0.1, 0.15) is 11.8 Å². The largest absolute Gasteiger partial charge is 0.368 e. The molecule has 2 aliphatic heterocycles. The number of anilines is 1. The van der Waals surface area contributed by atoms with Gasteiger partial charge in [0.25, 0.3) is 5.91 Å². The number of thiophene rings is 1. The summed E-state index contributed by atoms with van der Waals surface area (Å²) in [5.41, 5.74) is 4.00. The van der Waals surface area contributed by atoms with Crippen molar-refractivity contribution in [1.82, 2.24) is 24.8 Å². The number of amides is 1. The molecule has 1 amide bonds. The van der Waals surface area contributed by atoms with Gasteiger partial charge in [-0.2, -0.15) is 0 Å². The maximum absolute atomic E-state index is 13.0. The lowest BCUT2D eigenvalue weighted by Gasteiger charge is -2.34. The predicted molar refractivity (Wildman–Crippen MR) is 131 cm³/mol. The Hall–Kier alpha value is -2.58. The molecule has 2 saturated heterocycles. The van der Waals surface area contributed by atoms with Gasteiger partial charge in [-0.3, -0.25) is 9.78 Å². The van der Waals surface area contributed by atoms with Crippen molar-refractivity contribution >= 4 is 34.0 Å². The molecule has 0 aromatic carbocycles. The SMILES string of the molecule is CN1CCN(c2cnc3c(C4CCN(C(=O)c5ccc(C6CC6)s5)CC4)ncnc3c2)CC1. The molecule has 3 aliphatic rings. The molecule has 0 atom stereocenters. The van der Waals surface area contributed by atoms with Gasteiger partial charge in [-0.25, -0.2) is 9.97 Å². The first-order valence-corrected chi connectivity index (χ1v) is 12.9. The summed E-state index contributed by atoms with van der Waals surface area (Å²) in [7, 11) is 2.17. The topological polar surface area (TPSA) is 65.5 Å². The molecule has 0 unspecified atom stereocenters. The molecule has 1 saturated carbocycles. The van der Waals surface area contributed by atoms with Crippen LogP contribution in [0.5, 0.6) is 0 Å². The van der Waals surface area contributed by atoms with Crippen molar-refractivity contribution in [3.63, 3.8) is 0 Å². The van der Waals surface area contributed by atoms with Crippen LogP contribution in [-0.4, -0.2) is 77.0 Å². The first kappa shape index (κ1) is 21.0. The summed E-state index contributed by atoms with van der Waals surface area (Å²) >= 11 is 1.69. The van der Waals surface area contributed by atoms with E-state index in [0.717, 1.165) is 79.4 Å². The molecule has 1 aliphatic carbocycles. The fourth-order valence-corrected chi connectivity index (χ4v) is 6.20. The van der Waals surface area contributed by atoms with E-state index in [4.69, 9.17) is 4.98 Å². The van der Waals surface area contributed by atoms with Crippen LogP contribution in [-0.2, 0) is 0 Å². The highest BCUT2D eigenvalue weighted by Gasteiger charge is 2.30. The zero-order valence-corrected chi connectivity index (χ0v) is 19.9. The molecule has 5 heterocycles. The second kappa shape index (κ2) is 8.65. The standard InChI is InChI=1S/C25H30N6OS/c1-29-10-12-30(13-11-29)19-14-20-24(26-15-19)23(28-16-27-20)18-6-8-31(9-7-18)25(32)22-5-4-21(33-22)17-2-3-17/h4-5,14-18H,2-3,6-13H2,1H3. The second-order valence-corrected chi connectivity index (χ2v) is 10.8. The average molecular weight is 463 g/mol. The van der Waals surface area contributed by atoms with Gasteiger partial charge in [-0.1, -0.05) is 0 Å². The Morgan fingerprint density at radius 3 is 2.48 bits per heavy atom. The van der Waals surface area contributed by atoms with Crippen LogP contribution in [0.25, 0.3) is 11.0 Å². The van der Waals surface area contributed by atoms with E-state index in [1.165, 1.54) is 17.7 Å². The van der Waals surface area contributed by atoms with Crippen LogP contribution in [0.2, 0.25) is 0 Å². The number of hydrogen-bond acceptors (Lipinski definition) is 7. The van der Waals surface area contributed by atoms with Crippen molar-refractivity contribution in [3.8, 4) is 0 Å². The number of pyridine rings is 1. The van der Waals surface area contributed by atoms with Crippen molar-refractivity contribution in [3.05, 3.63) is 46.2 Å². The van der Waals surface area contributed by atoms with Crippen LogP contribution in [0, 0.1) is 0 Å². The van der Waals surface area contributed by atoms with E-state index >= 15 is 0 Å². The first-order valence-electron chi connectivity index (χ1n) is 12.1. The van der Waals surface area contributed by atoms with E-state index in [-0.39, 0.29) is 5.91 Å². The first-order chi connectivity index (χ1) is 16.2. The lowest BCUT2D eigenvalue weighted by molar-refractivity contribution is 0.0717. The third-order valence-corrected chi connectivity index (χ3v) is 8.58. The lowest BCUT2D eigenvalue weighted by atomic mass is 9.92. The Bertz CT molecular complexity index is 1160. The molecule has 0 N–H and O–H groups in total. The number of likely N-dealkylation sites (N-methyl/N-ethyl adjacent to an activating group) is 1. The summed E-state index contributed by atoms with van der Waals surface area (Å²) in [4.78, 5) is 36.0. The van der Waals surface area contributed by atoms with Gasteiger partial charge in [0.15, 0.2) is 0 Å². The molecule has 8 heteroatoms. The maximum Gasteiger partial charge on any atom is 0.263 e. The molecule has 0 spiro atoms. The van der Waals surface area contributed by atoms with Crippen LogP contribution >= 0.6 is 11.3 Å². The highest BCUT2D eigenvalue weighted by Crippen LogP contribution is 2.43. The van der Waals surface area contributed by atoms with E-state index in [2.05, 4.69) is 38.9 Å². The number of carbonyl (C=O) groups excluding carboxylic acids is 1. The summed E-state index contributed by atoms with van der Waals surface area (Å²) in [6.45, 7) is 5.70. The lowest BCUT2D eigenvalue weighted by Crippen LogP contribution is -2.44. The van der Waals surface area contributed by atoms with E-state index in [1.807, 2.05) is 17.2 Å². The normalized spacial score (nSPS) is 20.5. The molecular formula is C25H30N6OS. The predicted octanol–water partition coefficient (Wildman–Crippen LogP) is 3.74. The van der Waals surface area contributed by atoms with Crippen LogP contribution in [0.15, 0.2) is 30.7 Å². The number of aromatic nitrogens is 3. The maximum atomic E-state index is 13.0. The fraction of sp³-hybridized carbons (Fsp3) is 0.520. The minimum Gasteiger partial charge on any atom is -0.368 e. The molecule has 7 nitrogen and oxygen atoms in total. The smallest absolute Gasteiger partial charge is 0.263 e. The Labute approximate surface area is 198 Å². The highest BCUT2D eigenvalue weighted by molar-refractivity contribution is 7.14. The van der Waals surface area contributed by atoms with Crippen molar-refractivity contribution in [2.45, 2.75) is 37.5 Å². The number of likely N-dealkylation sites (tertiary alicyclic amines) is 1. The number of fused-ring (bicyclic) bond motifs is 1. The molecule has 172 valence electrons. The third-order valence-electron chi connectivity index (χ3n) is 7.34. The molecule has 0 bridgehead atoms. The Balaban J connectivity index is 1.15. The third kappa shape index (κ3) is 4.22. The Morgan fingerprint density at radius 2 is 1.73 bits per heavy atom. The number of piperidine rings is 1. The minimum absolute atomic E-state index is 0.188. The Kier molecular flexibility index (Phi) is 5.50. The zero-order chi connectivity index (χ0) is 22.4. The van der Waals surface area contributed by atoms with Crippen LogP contribution in [0.1, 0.15) is 57.8 Å². The van der Waals surface area contributed by atoms with E-state index < -0.39 is 0 Å². The van der Waals surface area contributed by atoms with Crippen LogP contribution < -0.4 is 4.90 Å².